The van der Waals surface area contributed by atoms with Crippen LogP contribution in [0.2, 0.25) is 0 Å². The van der Waals surface area contributed by atoms with Gasteiger partial charge < -0.3 is 10.3 Å². The molecular weight excluding hydrogens is 276 g/mol. The Hall–Kier alpha value is -1.58. The zero-order valence-corrected chi connectivity index (χ0v) is 13.5. The average molecular weight is 298 g/mol. The molecule has 0 saturated heterocycles. The predicted octanol–water partition coefficient (Wildman–Crippen LogP) is 4.32. The highest BCUT2D eigenvalue weighted by atomic mass is 32.1. The molecule has 3 rings (SSSR count). The lowest BCUT2D eigenvalue weighted by Gasteiger charge is -2.13. The van der Waals surface area contributed by atoms with Crippen molar-refractivity contribution in [2.75, 3.05) is 6.54 Å². The van der Waals surface area contributed by atoms with Crippen molar-refractivity contribution in [3.05, 3.63) is 57.9 Å². The van der Waals surface area contributed by atoms with Crippen molar-refractivity contribution >= 4 is 22.2 Å². The lowest BCUT2D eigenvalue weighted by Crippen LogP contribution is -2.14. The summed E-state index contributed by atoms with van der Waals surface area (Å²) in [5.41, 5.74) is 10.2. The van der Waals surface area contributed by atoms with E-state index in [0.717, 1.165) is 13.0 Å². The molecular formula is C18H22N2S. The van der Waals surface area contributed by atoms with Crippen LogP contribution in [0.4, 0.5) is 0 Å². The molecule has 0 spiro atoms. The molecule has 110 valence electrons. The Bertz CT molecular complexity index is 725. The summed E-state index contributed by atoms with van der Waals surface area (Å²) in [4.78, 5) is 1.39. The molecule has 1 atom stereocenters. The normalized spacial score (nSPS) is 12.9. The maximum Gasteiger partial charge on any atom is 0.0485 e. The predicted molar refractivity (Wildman–Crippen MR) is 92.2 cm³/mol. The minimum absolute atomic E-state index is 0.416. The number of hydrogen-bond acceptors (Lipinski definition) is 2. The monoisotopic (exact) mass is 298 g/mol. The van der Waals surface area contributed by atoms with Crippen LogP contribution in [0.3, 0.4) is 0 Å². The number of thiophene rings is 1. The third-order valence-corrected chi connectivity index (χ3v) is 5.39. The fourth-order valence-electron chi connectivity index (χ4n) is 3.24. The van der Waals surface area contributed by atoms with E-state index in [1.807, 2.05) is 11.3 Å². The number of aromatic nitrogens is 1. The van der Waals surface area contributed by atoms with Gasteiger partial charge >= 0.3 is 0 Å². The molecule has 2 N–H and O–H groups in total. The van der Waals surface area contributed by atoms with Crippen LogP contribution >= 0.6 is 11.3 Å². The summed E-state index contributed by atoms with van der Waals surface area (Å²) in [5.74, 6) is 0.416. The maximum atomic E-state index is 6.05. The van der Waals surface area contributed by atoms with Crippen LogP contribution in [0.5, 0.6) is 0 Å². The van der Waals surface area contributed by atoms with Crippen molar-refractivity contribution in [3.8, 4) is 0 Å². The molecule has 1 unspecified atom stereocenters. The molecule has 2 heterocycles. The molecule has 21 heavy (non-hydrogen) atoms. The highest BCUT2D eigenvalue weighted by Crippen LogP contribution is 2.31. The van der Waals surface area contributed by atoms with Gasteiger partial charge in [0.1, 0.15) is 0 Å². The van der Waals surface area contributed by atoms with Gasteiger partial charge in [-0.2, -0.15) is 0 Å². The number of hydrogen-bond donors (Lipinski definition) is 1. The average Bonchev–Trinajstić information content (AvgIpc) is 3.11. The first-order valence-corrected chi connectivity index (χ1v) is 8.44. The zero-order chi connectivity index (χ0) is 14.8. The summed E-state index contributed by atoms with van der Waals surface area (Å²) in [6.07, 6.45) is 1.02. The van der Waals surface area contributed by atoms with Gasteiger partial charge in [0.05, 0.1) is 0 Å². The second-order valence-electron chi connectivity index (χ2n) is 5.48. The Kier molecular flexibility index (Phi) is 4.13. The lowest BCUT2D eigenvalue weighted by atomic mass is 9.96. The van der Waals surface area contributed by atoms with Crippen LogP contribution in [0.15, 0.2) is 41.8 Å². The zero-order valence-electron chi connectivity index (χ0n) is 12.7. The van der Waals surface area contributed by atoms with E-state index in [0.29, 0.717) is 12.5 Å². The molecule has 0 aliphatic carbocycles. The molecule has 0 aliphatic rings. The van der Waals surface area contributed by atoms with Crippen LogP contribution in [-0.2, 0) is 13.0 Å². The van der Waals surface area contributed by atoms with Crippen molar-refractivity contribution < 1.29 is 0 Å². The van der Waals surface area contributed by atoms with E-state index in [1.165, 1.54) is 27.0 Å². The highest BCUT2D eigenvalue weighted by molar-refractivity contribution is 7.10. The SMILES string of the molecule is CCn1c(C)c(CC(CN)c2cccs2)c2ccccc21. The number of benzene rings is 1. The fourth-order valence-corrected chi connectivity index (χ4v) is 4.08. The van der Waals surface area contributed by atoms with Gasteiger partial charge in [-0.3, -0.25) is 0 Å². The van der Waals surface area contributed by atoms with Crippen LogP contribution in [0.25, 0.3) is 10.9 Å². The summed E-state index contributed by atoms with van der Waals surface area (Å²) in [7, 11) is 0. The summed E-state index contributed by atoms with van der Waals surface area (Å²) < 4.78 is 2.41. The Balaban J connectivity index is 2.06. The summed E-state index contributed by atoms with van der Waals surface area (Å²) in [6.45, 7) is 6.16. The van der Waals surface area contributed by atoms with E-state index < -0.39 is 0 Å². The number of fused-ring (bicyclic) bond motifs is 1. The summed E-state index contributed by atoms with van der Waals surface area (Å²) in [5, 5.41) is 3.52. The number of para-hydroxylation sites is 1. The van der Waals surface area contributed by atoms with Crippen molar-refractivity contribution in [1.82, 2.24) is 4.57 Å². The van der Waals surface area contributed by atoms with Crippen LogP contribution in [-0.4, -0.2) is 11.1 Å². The van der Waals surface area contributed by atoms with Crippen LogP contribution < -0.4 is 5.73 Å². The standard InChI is InChI=1S/C18H22N2S/c1-3-20-13(2)16(15-7-4-5-8-17(15)20)11-14(12-19)18-9-6-10-21-18/h4-10,14H,3,11-12,19H2,1-2H3. The quantitative estimate of drug-likeness (QED) is 0.747. The van der Waals surface area contributed by atoms with Gasteiger partial charge in [-0.1, -0.05) is 24.3 Å². The number of nitrogens with two attached hydrogens (primary N) is 1. The Labute approximate surface area is 130 Å². The second-order valence-corrected chi connectivity index (χ2v) is 6.46. The first-order valence-electron chi connectivity index (χ1n) is 7.56. The van der Waals surface area contributed by atoms with E-state index >= 15 is 0 Å². The largest absolute Gasteiger partial charge is 0.345 e. The first-order chi connectivity index (χ1) is 10.3. The minimum Gasteiger partial charge on any atom is -0.345 e. The van der Waals surface area contributed by atoms with Gasteiger partial charge in [0.2, 0.25) is 0 Å². The van der Waals surface area contributed by atoms with Crippen molar-refractivity contribution in [3.63, 3.8) is 0 Å². The van der Waals surface area contributed by atoms with E-state index in [9.17, 15) is 0 Å². The molecule has 0 saturated carbocycles. The molecule has 0 aliphatic heterocycles. The Morgan fingerprint density at radius 2 is 2.00 bits per heavy atom. The van der Waals surface area contributed by atoms with Gasteiger partial charge in [-0.05, 0) is 43.3 Å². The third kappa shape index (κ3) is 2.52. The first kappa shape index (κ1) is 14.4. The molecule has 2 aromatic heterocycles. The molecule has 0 radical (unpaired) electrons. The lowest BCUT2D eigenvalue weighted by molar-refractivity contribution is 0.695. The number of rotatable bonds is 5. The molecule has 0 fully saturated rings. The smallest absolute Gasteiger partial charge is 0.0485 e. The maximum absolute atomic E-state index is 6.05. The van der Waals surface area contributed by atoms with Crippen molar-refractivity contribution in [1.29, 1.82) is 0 Å². The number of nitrogens with zero attached hydrogens (tertiary/aromatic N) is 1. The molecule has 2 nitrogen and oxygen atoms in total. The molecule has 0 amide bonds. The van der Waals surface area contributed by atoms with Gasteiger partial charge in [0, 0.05) is 40.5 Å². The minimum atomic E-state index is 0.416. The third-order valence-electron chi connectivity index (χ3n) is 4.36. The molecule has 1 aromatic carbocycles. The molecule has 0 bridgehead atoms. The Morgan fingerprint density at radius 3 is 2.67 bits per heavy atom. The number of aryl methyl sites for hydroxylation is 1. The van der Waals surface area contributed by atoms with Gasteiger partial charge in [0.15, 0.2) is 0 Å². The van der Waals surface area contributed by atoms with Crippen LogP contribution in [0.1, 0.15) is 29.0 Å². The molecule has 3 aromatic rings. The topological polar surface area (TPSA) is 30.9 Å². The van der Waals surface area contributed by atoms with Crippen LogP contribution in [0, 0.1) is 6.92 Å². The van der Waals surface area contributed by atoms with E-state index in [4.69, 9.17) is 5.73 Å². The second kappa shape index (κ2) is 6.04. The highest BCUT2D eigenvalue weighted by Gasteiger charge is 2.18. The van der Waals surface area contributed by atoms with Gasteiger partial charge in [-0.25, -0.2) is 0 Å². The van der Waals surface area contributed by atoms with Crippen molar-refractivity contribution in [2.45, 2.75) is 32.7 Å². The van der Waals surface area contributed by atoms with E-state index in [2.05, 4.69) is 60.2 Å². The fraction of sp³-hybridized carbons (Fsp3) is 0.333. The summed E-state index contributed by atoms with van der Waals surface area (Å²) in [6, 6.07) is 13.0. The molecule has 3 heteroatoms. The van der Waals surface area contributed by atoms with Gasteiger partial charge in [-0.15, -0.1) is 11.3 Å². The van der Waals surface area contributed by atoms with Gasteiger partial charge in [0.25, 0.3) is 0 Å². The van der Waals surface area contributed by atoms with E-state index in [1.54, 1.807) is 0 Å². The Morgan fingerprint density at radius 1 is 1.19 bits per heavy atom. The summed E-state index contributed by atoms with van der Waals surface area (Å²) >= 11 is 1.81. The van der Waals surface area contributed by atoms with E-state index in [-0.39, 0.29) is 0 Å². The van der Waals surface area contributed by atoms with Crippen molar-refractivity contribution in [2.24, 2.45) is 5.73 Å².